The Balaban J connectivity index is 1.05. The van der Waals surface area contributed by atoms with Crippen LogP contribution in [0.1, 0.15) is 89.9 Å². The van der Waals surface area contributed by atoms with Crippen molar-refractivity contribution in [2.75, 3.05) is 20.1 Å². The van der Waals surface area contributed by atoms with Crippen LogP contribution in [0.5, 0.6) is 0 Å². The van der Waals surface area contributed by atoms with Gasteiger partial charge in [-0.1, -0.05) is 41.6 Å². The predicted molar refractivity (Wildman–Crippen MR) is 177 cm³/mol. The van der Waals surface area contributed by atoms with Crippen LogP contribution in [0.15, 0.2) is 11.8 Å². The number of rotatable bonds is 8. The lowest BCUT2D eigenvalue weighted by atomic mass is 9.53. The number of carbonyl (C=O) groups excluding carboxylic acids is 4. The molecule has 10 nitrogen and oxygen atoms in total. The van der Waals surface area contributed by atoms with Crippen LogP contribution >= 0.6 is 15.9 Å². The maximum Gasteiger partial charge on any atom is 0.318 e. The molecule has 0 spiro atoms. The molecule has 46 heavy (non-hydrogen) atoms. The second-order valence-electron chi connectivity index (χ2n) is 15.7. The zero-order valence-electron chi connectivity index (χ0n) is 27.2. The van der Waals surface area contributed by atoms with Crippen molar-refractivity contribution in [3.8, 4) is 0 Å². The SMILES string of the molecule is CN(CC1CCCCC1Br)C(=O)C(CC1=CNC2CCCCC12)NC(=O)C1C[C@@H](O)CN1C(=O)NC1C2CC3CC(C2)C(=O)C1C3. The van der Waals surface area contributed by atoms with E-state index in [9.17, 15) is 24.3 Å². The van der Waals surface area contributed by atoms with Gasteiger partial charge in [0.25, 0.3) is 0 Å². The van der Waals surface area contributed by atoms with Crippen molar-refractivity contribution in [3.05, 3.63) is 11.8 Å². The Morgan fingerprint density at radius 1 is 1.04 bits per heavy atom. The first-order valence-corrected chi connectivity index (χ1v) is 19.0. The topological polar surface area (TPSA) is 131 Å². The summed E-state index contributed by atoms with van der Waals surface area (Å²) >= 11 is 3.84. The van der Waals surface area contributed by atoms with E-state index in [4.69, 9.17) is 0 Å². The normalized spacial score (nSPS) is 40.2. The number of carbonyl (C=O) groups is 4. The summed E-state index contributed by atoms with van der Waals surface area (Å²) in [5.74, 6) is 1.39. The fourth-order valence-corrected chi connectivity index (χ4v) is 11.2. The van der Waals surface area contributed by atoms with Gasteiger partial charge in [0.1, 0.15) is 17.9 Å². The Hall–Kier alpha value is -2.14. The van der Waals surface area contributed by atoms with Crippen molar-refractivity contribution < 1.29 is 24.3 Å². The summed E-state index contributed by atoms with van der Waals surface area (Å²) in [5.41, 5.74) is 1.18. The minimum atomic E-state index is -0.883. The standard InChI is InChI=1S/C35H52BrN5O5/c1-40(17-20-6-2-4-8-27(20)36)34(45)29(14-23-16-37-28-9-5-3-7-25(23)28)38-33(44)30-15-24(42)18-41(30)35(46)39-31-21-10-19-11-22(13-21)32(43)26(31)12-19/h16,19-22,24-31,37,42H,2-15,17-18H2,1H3,(H,38,44)(H,39,46)/t19?,20?,21?,22?,24-,25?,26?,27?,28?,29?,30?,31?/m1/s1. The lowest BCUT2D eigenvalue weighted by molar-refractivity contribution is -0.142. The highest BCUT2D eigenvalue weighted by atomic mass is 79.9. The molecule has 4 bridgehead atoms. The van der Waals surface area contributed by atoms with Crippen molar-refractivity contribution in [1.29, 1.82) is 0 Å². The molecule has 2 heterocycles. The second kappa shape index (κ2) is 13.4. The maximum atomic E-state index is 14.1. The molecule has 0 aromatic rings. The molecule has 4 N–H and O–H groups in total. The molecule has 8 aliphatic rings. The van der Waals surface area contributed by atoms with Crippen LogP contribution in [-0.4, -0.2) is 93.8 Å². The van der Waals surface area contributed by atoms with E-state index >= 15 is 0 Å². The molecule has 0 aromatic carbocycles. The van der Waals surface area contributed by atoms with Crippen LogP contribution < -0.4 is 16.0 Å². The van der Waals surface area contributed by atoms with Crippen molar-refractivity contribution in [2.45, 2.75) is 125 Å². The number of fused-ring (bicyclic) bond motifs is 1. The quantitative estimate of drug-likeness (QED) is 0.287. The molecule has 11 heteroatoms. The number of amides is 4. The van der Waals surface area contributed by atoms with Gasteiger partial charge < -0.3 is 30.9 Å². The lowest BCUT2D eigenvalue weighted by Gasteiger charge is -2.53. The highest BCUT2D eigenvalue weighted by Gasteiger charge is 2.54. The molecule has 7 fully saturated rings. The number of hydrogen-bond acceptors (Lipinski definition) is 6. The third kappa shape index (κ3) is 6.36. The van der Waals surface area contributed by atoms with Crippen molar-refractivity contribution >= 4 is 39.6 Å². The van der Waals surface area contributed by atoms with Gasteiger partial charge in [0.15, 0.2) is 0 Å². The summed E-state index contributed by atoms with van der Waals surface area (Å²) in [6.07, 6.45) is 14.6. The zero-order chi connectivity index (χ0) is 32.1. The minimum Gasteiger partial charge on any atom is -0.391 e. The highest BCUT2D eigenvalue weighted by molar-refractivity contribution is 9.09. The first kappa shape index (κ1) is 32.4. The number of urea groups is 1. The number of nitrogens with one attached hydrogen (secondary N) is 3. The van der Waals surface area contributed by atoms with Gasteiger partial charge in [0.05, 0.1) is 6.10 Å². The summed E-state index contributed by atoms with van der Waals surface area (Å²) in [7, 11) is 1.84. The Morgan fingerprint density at radius 2 is 1.83 bits per heavy atom. The molecule has 12 atom stereocenters. The smallest absolute Gasteiger partial charge is 0.318 e. The average Bonchev–Trinajstić information content (AvgIpc) is 3.64. The first-order valence-electron chi connectivity index (χ1n) is 18.1. The molecule has 254 valence electrons. The lowest BCUT2D eigenvalue weighted by Crippen LogP contribution is -2.62. The van der Waals surface area contributed by atoms with E-state index in [1.165, 1.54) is 29.7 Å². The van der Waals surface area contributed by atoms with Gasteiger partial charge in [0.2, 0.25) is 11.8 Å². The number of aliphatic hydroxyl groups is 1. The molecular formula is C35H52BrN5O5. The Kier molecular flexibility index (Phi) is 9.44. The van der Waals surface area contributed by atoms with Crippen LogP contribution in [0, 0.1) is 35.5 Å². The van der Waals surface area contributed by atoms with Gasteiger partial charge in [-0.05, 0) is 87.3 Å². The number of hydrogen-bond donors (Lipinski definition) is 4. The van der Waals surface area contributed by atoms with Crippen LogP contribution in [0.4, 0.5) is 4.79 Å². The number of nitrogens with zero attached hydrogens (tertiary/aromatic N) is 2. The Labute approximate surface area is 281 Å². The Bertz CT molecular complexity index is 1250. The van der Waals surface area contributed by atoms with Gasteiger partial charge in [-0.15, -0.1) is 0 Å². The molecular weight excluding hydrogens is 650 g/mol. The zero-order valence-corrected chi connectivity index (χ0v) is 28.8. The van der Waals surface area contributed by atoms with Crippen molar-refractivity contribution in [2.24, 2.45) is 35.5 Å². The van der Waals surface area contributed by atoms with E-state index < -0.39 is 30.1 Å². The summed E-state index contributed by atoms with van der Waals surface area (Å²) < 4.78 is 0. The molecule has 6 saturated carbocycles. The van der Waals surface area contributed by atoms with E-state index in [1.54, 1.807) is 4.90 Å². The number of β-amino-alcohol motifs (C(OH)–C–C–N with tert-alkyl or cyclic N) is 1. The monoisotopic (exact) mass is 701 g/mol. The largest absolute Gasteiger partial charge is 0.391 e. The molecule has 2 aliphatic heterocycles. The fraction of sp³-hybridized carbons (Fsp3) is 0.829. The number of likely N-dealkylation sites (tertiary alicyclic amines) is 1. The molecule has 11 unspecified atom stereocenters. The van der Waals surface area contributed by atoms with Gasteiger partial charge >= 0.3 is 6.03 Å². The number of alkyl halides is 1. The van der Waals surface area contributed by atoms with Crippen LogP contribution in [0.25, 0.3) is 0 Å². The minimum absolute atomic E-state index is 0.0524. The average molecular weight is 703 g/mol. The number of likely N-dealkylation sites (N-methyl/N-ethyl adjacent to an activating group) is 1. The van der Waals surface area contributed by atoms with E-state index in [0.29, 0.717) is 47.5 Å². The van der Waals surface area contributed by atoms with Crippen LogP contribution in [0.2, 0.25) is 0 Å². The molecule has 4 amide bonds. The second-order valence-corrected chi connectivity index (χ2v) is 16.9. The third-order valence-corrected chi connectivity index (χ3v) is 14.0. The van der Waals surface area contributed by atoms with Gasteiger partial charge in [-0.3, -0.25) is 14.4 Å². The van der Waals surface area contributed by atoms with E-state index in [0.717, 1.165) is 57.8 Å². The van der Waals surface area contributed by atoms with Crippen LogP contribution in [0.3, 0.4) is 0 Å². The summed E-state index contributed by atoms with van der Waals surface area (Å²) in [6.45, 7) is 0.683. The van der Waals surface area contributed by atoms with E-state index in [2.05, 4.69) is 38.1 Å². The number of Topliss-reactive ketones (excluding diaryl/α,β-unsaturated/α-hetero) is 1. The number of aliphatic hydroxyl groups excluding tert-OH is 1. The molecule has 0 radical (unpaired) electrons. The Morgan fingerprint density at radius 3 is 2.65 bits per heavy atom. The fourth-order valence-electron chi connectivity index (χ4n) is 10.4. The molecule has 0 aromatic heterocycles. The summed E-state index contributed by atoms with van der Waals surface area (Å²) in [4.78, 5) is 58.5. The first-order chi connectivity index (χ1) is 22.2. The van der Waals surface area contributed by atoms with Crippen molar-refractivity contribution in [3.63, 3.8) is 0 Å². The predicted octanol–water partition coefficient (Wildman–Crippen LogP) is 3.47. The van der Waals surface area contributed by atoms with Crippen LogP contribution in [-0.2, 0) is 14.4 Å². The third-order valence-electron chi connectivity index (χ3n) is 12.8. The van der Waals surface area contributed by atoms with Gasteiger partial charge in [-0.25, -0.2) is 4.79 Å². The number of ketones is 1. The van der Waals surface area contributed by atoms with Gasteiger partial charge in [-0.2, -0.15) is 0 Å². The summed E-state index contributed by atoms with van der Waals surface area (Å²) in [5, 5.41) is 20.4. The van der Waals surface area contributed by atoms with E-state index in [1.807, 2.05) is 7.05 Å². The molecule has 6 aliphatic carbocycles. The number of halogens is 1. The molecule has 1 saturated heterocycles. The van der Waals surface area contributed by atoms with E-state index in [-0.39, 0.29) is 42.5 Å². The van der Waals surface area contributed by atoms with Gasteiger partial charge in [0, 0.05) is 61.2 Å². The van der Waals surface area contributed by atoms with Crippen molar-refractivity contribution in [1.82, 2.24) is 25.8 Å². The highest BCUT2D eigenvalue weighted by Crippen LogP contribution is 2.52. The maximum absolute atomic E-state index is 14.1. The summed E-state index contributed by atoms with van der Waals surface area (Å²) in [6, 6.07) is -1.85. The molecule has 8 rings (SSSR count).